The Bertz CT molecular complexity index is 1080. The predicted molar refractivity (Wildman–Crippen MR) is 113 cm³/mol. The average molecular weight is 450 g/mol. The fourth-order valence-corrected chi connectivity index (χ4v) is 4.14. The highest BCUT2D eigenvalue weighted by atomic mass is 32.1. The first-order valence-electron chi connectivity index (χ1n) is 9.61. The van der Waals surface area contributed by atoms with Crippen LogP contribution in [0.15, 0.2) is 36.0 Å². The summed E-state index contributed by atoms with van der Waals surface area (Å²) in [6, 6.07) is 4.02. The molecular weight excluding hydrogens is 429 g/mol. The van der Waals surface area contributed by atoms with Gasteiger partial charge in [0.1, 0.15) is 10.7 Å². The van der Waals surface area contributed by atoms with E-state index < -0.39 is 17.6 Å². The van der Waals surface area contributed by atoms with Gasteiger partial charge < -0.3 is 15.1 Å². The van der Waals surface area contributed by atoms with E-state index in [-0.39, 0.29) is 11.4 Å². The monoisotopic (exact) mass is 450 g/mol. The minimum Gasteiger partial charge on any atom is -0.369 e. The van der Waals surface area contributed by atoms with E-state index in [1.807, 2.05) is 11.9 Å². The average Bonchev–Trinajstić information content (AvgIpc) is 3.37. The number of anilines is 2. The minimum absolute atomic E-state index is 0.0557. The Morgan fingerprint density at radius 3 is 2.55 bits per heavy atom. The molecule has 7 nitrogen and oxygen atoms in total. The zero-order chi connectivity index (χ0) is 22.2. The van der Waals surface area contributed by atoms with E-state index in [4.69, 9.17) is 0 Å². The number of likely N-dealkylation sites (N-methyl/N-ethyl adjacent to an activating group) is 1. The molecular formula is C20H21F3N6OS. The lowest BCUT2D eigenvalue weighted by Crippen LogP contribution is -2.44. The number of benzene rings is 1. The van der Waals surface area contributed by atoms with E-state index in [1.54, 1.807) is 30.2 Å². The summed E-state index contributed by atoms with van der Waals surface area (Å²) >= 11 is 1.23. The highest BCUT2D eigenvalue weighted by Gasteiger charge is 2.35. The maximum Gasteiger partial charge on any atom is 0.418 e. The molecule has 0 aliphatic carbocycles. The van der Waals surface area contributed by atoms with Gasteiger partial charge in [0, 0.05) is 56.1 Å². The standard InChI is InChI=1S/C20H21F3N6OS/c1-27-5-7-29(8-6-27)14-3-4-16(15(9-14)20(21,22)23)25-18(30)17-12-31-19(26-17)13-10-24-28(2)11-13/h3-4,9-12H,5-8H2,1-2H3,(H,25,30). The zero-order valence-corrected chi connectivity index (χ0v) is 17.8. The van der Waals surface area contributed by atoms with E-state index in [0.29, 0.717) is 23.8 Å². The SMILES string of the molecule is CN1CCN(c2ccc(NC(=O)c3csc(-c4cnn(C)c4)n3)c(C(F)(F)F)c2)CC1. The molecule has 1 aromatic carbocycles. The summed E-state index contributed by atoms with van der Waals surface area (Å²) in [6.07, 6.45) is -1.24. The molecule has 164 valence electrons. The summed E-state index contributed by atoms with van der Waals surface area (Å²) in [4.78, 5) is 20.9. The Balaban J connectivity index is 1.56. The van der Waals surface area contributed by atoms with Crippen LogP contribution in [0.4, 0.5) is 24.5 Å². The molecule has 1 saturated heterocycles. The molecule has 1 aliphatic rings. The lowest BCUT2D eigenvalue weighted by atomic mass is 10.1. The number of hydrogen-bond acceptors (Lipinski definition) is 6. The summed E-state index contributed by atoms with van der Waals surface area (Å²) in [5.74, 6) is -0.691. The van der Waals surface area contributed by atoms with Gasteiger partial charge in [0.25, 0.3) is 5.91 Å². The van der Waals surface area contributed by atoms with Crippen molar-refractivity contribution in [1.82, 2.24) is 19.7 Å². The number of hydrogen-bond donors (Lipinski definition) is 1. The van der Waals surface area contributed by atoms with Gasteiger partial charge in [0.05, 0.1) is 17.4 Å². The Morgan fingerprint density at radius 2 is 1.90 bits per heavy atom. The second-order valence-electron chi connectivity index (χ2n) is 7.41. The van der Waals surface area contributed by atoms with Crippen molar-refractivity contribution in [1.29, 1.82) is 0 Å². The van der Waals surface area contributed by atoms with Crippen LogP contribution in [0.3, 0.4) is 0 Å². The molecule has 2 aromatic heterocycles. The van der Waals surface area contributed by atoms with Gasteiger partial charge in [-0.3, -0.25) is 9.48 Å². The van der Waals surface area contributed by atoms with Crippen molar-refractivity contribution in [3.63, 3.8) is 0 Å². The molecule has 0 bridgehead atoms. The quantitative estimate of drug-likeness (QED) is 0.659. The van der Waals surface area contributed by atoms with E-state index in [0.717, 1.165) is 24.7 Å². The van der Waals surface area contributed by atoms with E-state index >= 15 is 0 Å². The third-order valence-electron chi connectivity index (χ3n) is 5.11. The maximum absolute atomic E-state index is 13.7. The van der Waals surface area contributed by atoms with E-state index in [9.17, 15) is 18.0 Å². The molecule has 0 unspecified atom stereocenters. The van der Waals surface area contributed by atoms with Crippen molar-refractivity contribution in [3.8, 4) is 10.6 Å². The predicted octanol–water partition coefficient (Wildman–Crippen LogP) is 3.57. The number of aromatic nitrogens is 3. The number of carbonyl (C=O) groups excluding carboxylic acids is 1. The normalized spacial score (nSPS) is 15.3. The molecule has 0 spiro atoms. The number of alkyl halides is 3. The fraction of sp³-hybridized carbons (Fsp3) is 0.350. The Hall–Kier alpha value is -2.92. The van der Waals surface area contributed by atoms with Crippen LogP contribution in [-0.4, -0.2) is 58.8 Å². The topological polar surface area (TPSA) is 66.3 Å². The number of thiazole rings is 1. The molecule has 0 saturated carbocycles. The van der Waals surface area contributed by atoms with Gasteiger partial charge in [-0.2, -0.15) is 18.3 Å². The van der Waals surface area contributed by atoms with E-state index in [1.165, 1.54) is 22.8 Å². The van der Waals surface area contributed by atoms with Gasteiger partial charge >= 0.3 is 6.18 Å². The van der Waals surface area contributed by atoms with Crippen molar-refractivity contribution >= 4 is 28.6 Å². The number of nitrogens with one attached hydrogen (secondary N) is 1. The molecule has 1 amide bonds. The second-order valence-corrected chi connectivity index (χ2v) is 8.27. The fourth-order valence-electron chi connectivity index (χ4n) is 3.37. The summed E-state index contributed by atoms with van der Waals surface area (Å²) in [5, 5.41) is 8.52. The smallest absolute Gasteiger partial charge is 0.369 e. The van der Waals surface area contributed by atoms with Gasteiger partial charge in [0.15, 0.2) is 0 Å². The third-order valence-corrected chi connectivity index (χ3v) is 6.01. The van der Waals surface area contributed by atoms with Crippen molar-refractivity contribution in [2.45, 2.75) is 6.18 Å². The Morgan fingerprint density at radius 1 is 1.16 bits per heavy atom. The number of amides is 1. The van der Waals surface area contributed by atoms with Gasteiger partial charge in [-0.25, -0.2) is 4.98 Å². The summed E-state index contributed by atoms with van der Waals surface area (Å²) < 4.78 is 42.8. The number of carbonyl (C=O) groups is 1. The molecule has 3 heterocycles. The summed E-state index contributed by atoms with van der Waals surface area (Å²) in [6.45, 7) is 2.86. The molecule has 0 atom stereocenters. The Kier molecular flexibility index (Phi) is 5.71. The van der Waals surface area contributed by atoms with Crippen LogP contribution in [-0.2, 0) is 13.2 Å². The molecule has 31 heavy (non-hydrogen) atoms. The van der Waals surface area contributed by atoms with Gasteiger partial charge in [0.2, 0.25) is 0 Å². The highest BCUT2D eigenvalue weighted by Crippen LogP contribution is 2.38. The number of halogens is 3. The molecule has 1 aliphatic heterocycles. The highest BCUT2D eigenvalue weighted by molar-refractivity contribution is 7.13. The lowest BCUT2D eigenvalue weighted by molar-refractivity contribution is -0.136. The van der Waals surface area contributed by atoms with Crippen LogP contribution in [0.25, 0.3) is 10.6 Å². The molecule has 4 rings (SSSR count). The molecule has 0 radical (unpaired) electrons. The van der Waals surface area contributed by atoms with E-state index in [2.05, 4.69) is 20.3 Å². The number of nitrogens with zero attached hydrogens (tertiary/aromatic N) is 5. The van der Waals surface area contributed by atoms with Crippen LogP contribution >= 0.6 is 11.3 Å². The first-order chi connectivity index (χ1) is 14.7. The van der Waals surface area contributed by atoms with Crippen molar-refractivity contribution in [2.24, 2.45) is 7.05 Å². The van der Waals surface area contributed by atoms with Crippen molar-refractivity contribution in [2.75, 3.05) is 43.4 Å². The third kappa shape index (κ3) is 4.72. The van der Waals surface area contributed by atoms with Crippen LogP contribution in [0.1, 0.15) is 16.1 Å². The van der Waals surface area contributed by atoms with Crippen molar-refractivity contribution < 1.29 is 18.0 Å². The minimum atomic E-state index is -4.60. The first kappa shape index (κ1) is 21.3. The number of rotatable bonds is 4. The van der Waals surface area contributed by atoms with Crippen molar-refractivity contribution in [3.05, 3.63) is 47.2 Å². The lowest BCUT2D eigenvalue weighted by Gasteiger charge is -2.34. The van der Waals surface area contributed by atoms with Gasteiger partial charge in [-0.15, -0.1) is 11.3 Å². The maximum atomic E-state index is 13.7. The molecule has 1 fully saturated rings. The van der Waals surface area contributed by atoms with Crippen LogP contribution in [0.5, 0.6) is 0 Å². The zero-order valence-electron chi connectivity index (χ0n) is 17.0. The largest absolute Gasteiger partial charge is 0.418 e. The van der Waals surface area contributed by atoms with Crippen LogP contribution < -0.4 is 10.2 Å². The van der Waals surface area contributed by atoms with Crippen LogP contribution in [0.2, 0.25) is 0 Å². The summed E-state index contributed by atoms with van der Waals surface area (Å²) in [5.41, 5.74) is 0.122. The van der Waals surface area contributed by atoms with Gasteiger partial charge in [-0.1, -0.05) is 0 Å². The number of piperazine rings is 1. The molecule has 1 N–H and O–H groups in total. The number of aryl methyl sites for hydroxylation is 1. The second kappa shape index (κ2) is 8.31. The Labute approximate surface area is 181 Å². The summed E-state index contributed by atoms with van der Waals surface area (Å²) in [7, 11) is 3.74. The van der Waals surface area contributed by atoms with Gasteiger partial charge in [-0.05, 0) is 25.2 Å². The van der Waals surface area contributed by atoms with Crippen LogP contribution in [0, 0.1) is 0 Å². The molecule has 3 aromatic rings. The molecule has 11 heteroatoms. The first-order valence-corrected chi connectivity index (χ1v) is 10.5.